The number of benzene rings is 2. The van der Waals surface area contributed by atoms with Crippen molar-refractivity contribution in [2.24, 2.45) is 0 Å². The van der Waals surface area contributed by atoms with Gasteiger partial charge in [0.2, 0.25) is 0 Å². The molecule has 29 heavy (non-hydrogen) atoms. The van der Waals surface area contributed by atoms with Gasteiger partial charge < -0.3 is 10.1 Å². The molecule has 0 saturated carbocycles. The fraction of sp³-hybridized carbons (Fsp3) is 0.320. The first-order chi connectivity index (χ1) is 14.4. The van der Waals surface area contributed by atoms with Gasteiger partial charge >= 0.3 is 0 Å². The second kappa shape index (κ2) is 10.2. The lowest BCUT2D eigenvalue weighted by atomic mass is 9.99. The van der Waals surface area contributed by atoms with Gasteiger partial charge in [-0.3, -0.25) is 9.88 Å². The van der Waals surface area contributed by atoms with E-state index in [-0.39, 0.29) is 0 Å². The Balaban J connectivity index is 1.54. The van der Waals surface area contributed by atoms with Gasteiger partial charge in [-0.1, -0.05) is 48.5 Å². The van der Waals surface area contributed by atoms with Crippen LogP contribution < -0.4 is 10.1 Å². The van der Waals surface area contributed by atoms with Crippen molar-refractivity contribution in [3.05, 3.63) is 95.8 Å². The van der Waals surface area contributed by atoms with Crippen LogP contribution in [-0.4, -0.2) is 36.1 Å². The molecule has 1 saturated heterocycles. The third-order valence-corrected chi connectivity index (χ3v) is 5.44. The van der Waals surface area contributed by atoms with Crippen molar-refractivity contribution in [1.82, 2.24) is 15.2 Å². The first-order valence-corrected chi connectivity index (χ1v) is 10.5. The molecular formula is C25H29N3O. The molecule has 0 aliphatic carbocycles. The van der Waals surface area contributed by atoms with Crippen LogP contribution in [0.25, 0.3) is 0 Å². The zero-order chi connectivity index (χ0) is 19.7. The van der Waals surface area contributed by atoms with Crippen molar-refractivity contribution in [3.63, 3.8) is 0 Å². The van der Waals surface area contributed by atoms with Crippen molar-refractivity contribution in [2.45, 2.75) is 25.5 Å². The van der Waals surface area contributed by atoms with Crippen molar-refractivity contribution in [2.75, 3.05) is 26.2 Å². The van der Waals surface area contributed by atoms with Crippen LogP contribution >= 0.6 is 0 Å². The van der Waals surface area contributed by atoms with E-state index in [0.29, 0.717) is 12.6 Å². The number of nitrogens with zero attached hydrogens (tertiary/aromatic N) is 2. The molecule has 1 unspecified atom stereocenters. The van der Waals surface area contributed by atoms with E-state index in [2.05, 4.69) is 57.7 Å². The quantitative estimate of drug-likeness (QED) is 0.658. The Hall–Kier alpha value is -2.69. The maximum absolute atomic E-state index is 6.10. The van der Waals surface area contributed by atoms with Crippen LogP contribution in [0.1, 0.15) is 29.3 Å². The zero-order valence-corrected chi connectivity index (χ0v) is 16.8. The van der Waals surface area contributed by atoms with Crippen LogP contribution in [-0.2, 0) is 13.0 Å². The van der Waals surface area contributed by atoms with Crippen molar-refractivity contribution >= 4 is 0 Å². The Kier molecular flexibility index (Phi) is 6.89. The van der Waals surface area contributed by atoms with E-state index in [9.17, 15) is 0 Å². The van der Waals surface area contributed by atoms with E-state index < -0.39 is 0 Å². The van der Waals surface area contributed by atoms with Gasteiger partial charge in [-0.05, 0) is 48.4 Å². The summed E-state index contributed by atoms with van der Waals surface area (Å²) >= 11 is 0. The Labute approximate surface area is 173 Å². The summed E-state index contributed by atoms with van der Waals surface area (Å²) in [6.07, 6.45) is 3.96. The molecule has 2 heterocycles. The summed E-state index contributed by atoms with van der Waals surface area (Å²) in [4.78, 5) is 7.18. The average molecular weight is 388 g/mol. The molecule has 0 spiro atoms. The third-order valence-electron chi connectivity index (χ3n) is 5.44. The Morgan fingerprint density at radius 2 is 1.83 bits per heavy atom. The predicted octanol–water partition coefficient (Wildman–Crippen LogP) is 4.24. The highest BCUT2D eigenvalue weighted by Crippen LogP contribution is 2.28. The highest BCUT2D eigenvalue weighted by Gasteiger charge is 2.22. The topological polar surface area (TPSA) is 37.4 Å². The van der Waals surface area contributed by atoms with Crippen LogP contribution in [0, 0.1) is 0 Å². The van der Waals surface area contributed by atoms with Crippen LogP contribution in [0.3, 0.4) is 0 Å². The van der Waals surface area contributed by atoms with Crippen molar-refractivity contribution < 1.29 is 4.74 Å². The molecule has 1 atom stereocenters. The summed E-state index contributed by atoms with van der Waals surface area (Å²) in [7, 11) is 0. The lowest BCUT2D eigenvalue weighted by molar-refractivity contribution is 0.207. The van der Waals surface area contributed by atoms with E-state index in [4.69, 9.17) is 4.74 Å². The van der Waals surface area contributed by atoms with Crippen LogP contribution in [0.4, 0.5) is 0 Å². The maximum Gasteiger partial charge on any atom is 0.120 e. The SMILES string of the molecule is c1ccc(COc2cccc(C(Cc3ccccn3)N3CCCNCC3)c2)cc1. The van der Waals surface area contributed by atoms with Gasteiger partial charge in [-0.2, -0.15) is 0 Å². The van der Waals surface area contributed by atoms with Gasteiger partial charge in [-0.15, -0.1) is 0 Å². The summed E-state index contributed by atoms with van der Waals surface area (Å²) in [5.41, 5.74) is 3.61. The van der Waals surface area contributed by atoms with Gasteiger partial charge in [0.15, 0.2) is 0 Å². The molecule has 2 aromatic carbocycles. The Bertz CT molecular complexity index is 862. The molecule has 150 valence electrons. The number of aromatic nitrogens is 1. The lowest BCUT2D eigenvalue weighted by Crippen LogP contribution is -2.33. The molecule has 1 fully saturated rings. The molecule has 1 aliphatic rings. The molecule has 0 radical (unpaired) electrons. The summed E-state index contributed by atoms with van der Waals surface area (Å²) in [6.45, 7) is 4.85. The lowest BCUT2D eigenvalue weighted by Gasteiger charge is -2.31. The largest absolute Gasteiger partial charge is 0.489 e. The van der Waals surface area contributed by atoms with Crippen LogP contribution in [0.5, 0.6) is 5.75 Å². The van der Waals surface area contributed by atoms with Gasteiger partial charge in [0, 0.05) is 44.0 Å². The molecule has 4 heteroatoms. The number of pyridine rings is 1. The van der Waals surface area contributed by atoms with Crippen molar-refractivity contribution in [3.8, 4) is 5.75 Å². The van der Waals surface area contributed by atoms with E-state index in [1.807, 2.05) is 36.5 Å². The van der Waals surface area contributed by atoms with E-state index in [1.165, 1.54) is 17.5 Å². The molecule has 1 aliphatic heterocycles. The summed E-state index contributed by atoms with van der Waals surface area (Å²) in [5.74, 6) is 0.922. The third kappa shape index (κ3) is 5.66. The highest BCUT2D eigenvalue weighted by molar-refractivity contribution is 5.32. The summed E-state index contributed by atoms with van der Waals surface area (Å²) < 4.78 is 6.10. The fourth-order valence-corrected chi connectivity index (χ4v) is 3.91. The van der Waals surface area contributed by atoms with Crippen LogP contribution in [0.2, 0.25) is 0 Å². The summed E-state index contributed by atoms with van der Waals surface area (Å²) in [6, 6.07) is 25.4. The number of hydrogen-bond donors (Lipinski definition) is 1. The van der Waals surface area contributed by atoms with Gasteiger partial charge in [0.05, 0.1) is 0 Å². The first-order valence-electron chi connectivity index (χ1n) is 10.5. The van der Waals surface area contributed by atoms with Crippen LogP contribution in [0.15, 0.2) is 79.0 Å². The molecule has 4 rings (SSSR count). The second-order valence-electron chi connectivity index (χ2n) is 7.53. The van der Waals surface area contributed by atoms with Gasteiger partial charge in [-0.25, -0.2) is 0 Å². The molecule has 1 N–H and O–H groups in total. The Morgan fingerprint density at radius 1 is 0.931 bits per heavy atom. The molecule has 0 amide bonds. The monoisotopic (exact) mass is 387 g/mol. The standard InChI is InChI=1S/C25H29N3O/c1-2-8-21(9-3-1)20-29-24-12-6-10-22(18-24)25(19-23-11-4-5-14-27-23)28-16-7-13-26-15-17-28/h1-6,8-12,14,18,25-26H,7,13,15-17,19-20H2. The minimum absolute atomic E-state index is 0.296. The van der Waals surface area contributed by atoms with Crippen molar-refractivity contribution in [1.29, 1.82) is 0 Å². The minimum Gasteiger partial charge on any atom is -0.489 e. The minimum atomic E-state index is 0.296. The first kappa shape index (κ1) is 19.6. The fourth-order valence-electron chi connectivity index (χ4n) is 3.91. The van der Waals surface area contributed by atoms with Gasteiger partial charge in [0.25, 0.3) is 0 Å². The highest BCUT2D eigenvalue weighted by atomic mass is 16.5. The molecule has 0 bridgehead atoms. The smallest absolute Gasteiger partial charge is 0.120 e. The Morgan fingerprint density at radius 3 is 2.69 bits per heavy atom. The number of ether oxygens (including phenoxy) is 1. The molecular weight excluding hydrogens is 358 g/mol. The molecule has 1 aromatic heterocycles. The number of nitrogens with one attached hydrogen (secondary N) is 1. The molecule has 3 aromatic rings. The maximum atomic E-state index is 6.10. The molecule has 4 nitrogen and oxygen atoms in total. The van der Waals surface area contributed by atoms with E-state index >= 15 is 0 Å². The van der Waals surface area contributed by atoms with E-state index in [1.54, 1.807) is 0 Å². The number of rotatable bonds is 7. The normalized spacial score (nSPS) is 16.1. The predicted molar refractivity (Wildman–Crippen MR) is 117 cm³/mol. The zero-order valence-electron chi connectivity index (χ0n) is 16.8. The van der Waals surface area contributed by atoms with E-state index in [0.717, 1.165) is 44.0 Å². The van der Waals surface area contributed by atoms with Gasteiger partial charge in [0.1, 0.15) is 12.4 Å². The average Bonchev–Trinajstić information content (AvgIpc) is 3.07. The number of hydrogen-bond acceptors (Lipinski definition) is 4. The summed E-state index contributed by atoms with van der Waals surface area (Å²) in [5, 5.41) is 3.52. The second-order valence-corrected chi connectivity index (χ2v) is 7.53.